The Morgan fingerprint density at radius 3 is 1.18 bits per heavy atom. The van der Waals surface area contributed by atoms with E-state index in [4.69, 9.17) is 81.3 Å². The van der Waals surface area contributed by atoms with Gasteiger partial charge in [0.1, 0.15) is 40.5 Å². The molecule has 0 unspecified atom stereocenters. The first kappa shape index (κ1) is 104. The van der Waals surface area contributed by atoms with Gasteiger partial charge in [-0.25, -0.2) is 24.1 Å². The molecule has 0 saturated carbocycles. The van der Waals surface area contributed by atoms with Crippen LogP contribution in [0.3, 0.4) is 0 Å². The van der Waals surface area contributed by atoms with Gasteiger partial charge in [-0.2, -0.15) is 13.2 Å². The van der Waals surface area contributed by atoms with Crippen LogP contribution in [0.4, 0.5) is 22.4 Å². The molecular weight excluding hydrogens is 1840 g/mol. The van der Waals surface area contributed by atoms with Gasteiger partial charge in [-0.15, -0.1) is 0 Å². The van der Waals surface area contributed by atoms with Crippen molar-refractivity contribution in [3.8, 4) is 34.3 Å². The lowest BCUT2D eigenvalue weighted by Gasteiger charge is -2.26. The first-order chi connectivity index (χ1) is 65.6. The number of amides is 5. The molecule has 0 aliphatic rings. The second kappa shape index (κ2) is 51.5. The highest BCUT2D eigenvalue weighted by molar-refractivity contribution is 8.13. The summed E-state index contributed by atoms with van der Waals surface area (Å²) in [5.74, 6) is 1.57. The number of aliphatic imine (C=N–C) groups is 1. The van der Waals surface area contributed by atoms with Crippen molar-refractivity contribution in [3.05, 3.63) is 333 Å². The molecule has 0 radical (unpaired) electrons. The van der Waals surface area contributed by atoms with E-state index in [9.17, 15) is 51.1 Å². The Balaban J connectivity index is 0.000000196. The molecule has 0 saturated heterocycles. The zero-order valence-corrected chi connectivity index (χ0v) is 80.7. The van der Waals surface area contributed by atoms with Crippen LogP contribution in [0.1, 0.15) is 97.7 Å². The molecule has 0 aliphatic heterocycles. The van der Waals surface area contributed by atoms with Gasteiger partial charge in [0.2, 0.25) is 17.7 Å². The topological polar surface area (TPSA) is 267 Å². The van der Waals surface area contributed by atoms with Crippen molar-refractivity contribution in [2.45, 2.75) is 104 Å². The number of primary amides is 1. The van der Waals surface area contributed by atoms with E-state index in [0.717, 1.165) is 67.7 Å². The maximum atomic E-state index is 14.3. The molecule has 714 valence electrons. The van der Waals surface area contributed by atoms with Crippen LogP contribution in [0.2, 0.25) is 20.1 Å². The van der Waals surface area contributed by atoms with E-state index < -0.39 is 29.5 Å². The van der Waals surface area contributed by atoms with Gasteiger partial charge in [0.25, 0.3) is 16.7 Å². The molecule has 0 spiro atoms. The van der Waals surface area contributed by atoms with Crippen molar-refractivity contribution in [2.75, 3.05) is 107 Å². The molecule has 0 aliphatic carbocycles. The molecule has 3 heterocycles. The van der Waals surface area contributed by atoms with Gasteiger partial charge in [0.05, 0.1) is 116 Å². The van der Waals surface area contributed by atoms with E-state index >= 15 is 0 Å². The molecule has 3 N–H and O–H groups in total. The number of nitrogens with two attached hydrogens (primary N) is 1. The molecule has 13 aromatic rings. The summed E-state index contributed by atoms with van der Waals surface area (Å²) >= 11 is 25.9. The molecule has 13 rings (SSSR count). The molecule has 10 aromatic carbocycles. The van der Waals surface area contributed by atoms with Crippen LogP contribution in [0.15, 0.2) is 250 Å². The van der Waals surface area contributed by atoms with Crippen LogP contribution in [-0.2, 0) is 65.6 Å². The smallest absolute Gasteiger partial charge is 0.419 e. The maximum absolute atomic E-state index is 14.3. The number of hydrogen-bond acceptors (Lipinski definition) is 17. The van der Waals surface area contributed by atoms with E-state index in [1.807, 2.05) is 96.9 Å². The number of amidine groups is 1. The third-order valence-electron chi connectivity index (χ3n) is 22.6. The monoisotopic (exact) mass is 1950 g/mol. The molecular formula is C103H110Cl4F4N14O10S. The van der Waals surface area contributed by atoms with Crippen LogP contribution in [0.5, 0.6) is 17.2 Å². The number of para-hydroxylation sites is 3. The zero-order chi connectivity index (χ0) is 97.4. The van der Waals surface area contributed by atoms with Gasteiger partial charge in [-0.1, -0.05) is 170 Å². The molecule has 0 bridgehead atoms. The van der Waals surface area contributed by atoms with Crippen LogP contribution in [-0.4, -0.2) is 189 Å². The number of aromatic nitrogens is 6. The molecule has 5 amide bonds. The van der Waals surface area contributed by atoms with Gasteiger partial charge in [-0.3, -0.25) is 52.8 Å². The summed E-state index contributed by atoms with van der Waals surface area (Å²) in [4.78, 5) is 122. The number of rotatable bonds is 40. The quantitative estimate of drug-likeness (QED) is 0.0156. The Morgan fingerprint density at radius 2 is 0.809 bits per heavy atom. The number of ether oxygens (including phenoxy) is 3. The fraction of sp³-hybridized carbons (Fsp3) is 0.311. The summed E-state index contributed by atoms with van der Waals surface area (Å²) in [6.07, 6.45) is 3.91. The SMILES string of the molecule is CCCCN(CCCC)CCCN(CCc1nc2ccccc2c(=O)n1-c1ccc(OC)cc1)C(=O)Cc1ccc(Cl)c(Cl)c1.COc1ccc(-n2c(CCN(CCCN=C(NC(N)=O)SC)C(=O)Cc3ccc(Cl)c(Cl)c3)nc3ccccc3c2=O)cc1.COc1ccc(-n2c(CCN(CCN(C)Cc3ccccc3)C(=O)Cc3ccc(C(F)(F)F)c(F)c3)nc3ccccc3c2=O)cc1. The summed E-state index contributed by atoms with van der Waals surface area (Å²) in [6.45, 7) is 11.1. The Hall–Kier alpha value is -12.5. The summed E-state index contributed by atoms with van der Waals surface area (Å²) < 4.78 is 74.4. The number of carbonyl (C=O) groups excluding carboxylic acids is 4. The number of fused-ring (bicyclic) bond motifs is 3. The van der Waals surface area contributed by atoms with E-state index in [2.05, 4.69) is 34.0 Å². The number of hydrogen-bond donors (Lipinski definition) is 2. The lowest BCUT2D eigenvalue weighted by molar-refractivity contribution is -0.140. The summed E-state index contributed by atoms with van der Waals surface area (Å²) in [7, 11) is 6.66. The van der Waals surface area contributed by atoms with E-state index in [1.165, 1.54) is 29.2 Å². The van der Waals surface area contributed by atoms with E-state index in [0.29, 0.717) is 181 Å². The normalized spacial score (nSPS) is 11.5. The van der Waals surface area contributed by atoms with Gasteiger partial charge in [-0.05, 0) is 226 Å². The highest BCUT2D eigenvalue weighted by Crippen LogP contribution is 2.33. The number of thioether (sulfide) groups is 1. The molecule has 33 heteroatoms. The predicted octanol–water partition coefficient (Wildman–Crippen LogP) is 19.0. The molecule has 3 aromatic heterocycles. The molecule has 0 fully saturated rings. The maximum Gasteiger partial charge on any atom is 0.419 e. The Bertz CT molecular complexity index is 6450. The Kier molecular flexibility index (Phi) is 39.3. The second-order valence-electron chi connectivity index (χ2n) is 32.2. The second-order valence-corrected chi connectivity index (χ2v) is 34.7. The first-order valence-corrected chi connectivity index (χ1v) is 47.4. The van der Waals surface area contributed by atoms with E-state index in [1.54, 1.807) is 174 Å². The number of nitrogens with zero attached hydrogens (tertiary/aromatic N) is 12. The van der Waals surface area contributed by atoms with Crippen molar-refractivity contribution < 1.29 is 51.0 Å². The van der Waals surface area contributed by atoms with Gasteiger partial charge >= 0.3 is 12.2 Å². The van der Waals surface area contributed by atoms with Gasteiger partial charge in [0.15, 0.2) is 5.17 Å². The number of methoxy groups -OCH3 is 3. The molecule has 136 heavy (non-hydrogen) atoms. The average Bonchev–Trinajstić information content (AvgIpc) is 0.784. The minimum atomic E-state index is -4.84. The highest BCUT2D eigenvalue weighted by Gasteiger charge is 2.34. The summed E-state index contributed by atoms with van der Waals surface area (Å²) in [6, 6.07) is 65.2. The highest BCUT2D eigenvalue weighted by atomic mass is 35.5. The number of alkyl halides is 3. The van der Waals surface area contributed by atoms with E-state index in [-0.39, 0.29) is 72.8 Å². The fourth-order valence-corrected chi connectivity index (χ4v) is 16.5. The predicted molar refractivity (Wildman–Crippen MR) is 535 cm³/mol. The number of nitrogens with one attached hydrogen (secondary N) is 1. The van der Waals surface area contributed by atoms with Crippen molar-refractivity contribution in [3.63, 3.8) is 0 Å². The lowest BCUT2D eigenvalue weighted by atomic mass is 10.1. The lowest BCUT2D eigenvalue weighted by Crippen LogP contribution is -2.40. The molecule has 0 atom stereocenters. The Labute approximate surface area is 812 Å². The fourth-order valence-electron chi connectivity index (χ4n) is 15.4. The van der Waals surface area contributed by atoms with Crippen LogP contribution in [0, 0.1) is 5.82 Å². The minimum Gasteiger partial charge on any atom is -0.497 e. The zero-order valence-electron chi connectivity index (χ0n) is 76.9. The number of carbonyl (C=O) groups is 4. The number of likely N-dealkylation sites (N-methyl/N-ethyl adjacent to an activating group) is 1. The molecule has 24 nitrogen and oxygen atoms in total. The third kappa shape index (κ3) is 29.5. The number of halogens is 8. The van der Waals surface area contributed by atoms with Crippen molar-refractivity contribution >= 4 is 120 Å². The third-order valence-corrected chi connectivity index (χ3v) is 24.7. The Morgan fingerprint density at radius 1 is 0.441 bits per heavy atom. The van der Waals surface area contributed by atoms with Crippen LogP contribution >= 0.6 is 58.2 Å². The van der Waals surface area contributed by atoms with Crippen molar-refractivity contribution in [2.24, 2.45) is 10.7 Å². The first-order valence-electron chi connectivity index (χ1n) is 44.7. The summed E-state index contributed by atoms with van der Waals surface area (Å²) in [5, 5.41) is 6.02. The number of unbranched alkanes of at least 4 members (excludes halogenated alkanes) is 2. The van der Waals surface area contributed by atoms with Crippen LogP contribution < -0.4 is 41.9 Å². The number of urea groups is 1. The largest absolute Gasteiger partial charge is 0.497 e. The minimum absolute atomic E-state index is 0.00110. The van der Waals surface area contributed by atoms with Crippen LogP contribution in [0.25, 0.3) is 49.8 Å². The summed E-state index contributed by atoms with van der Waals surface area (Å²) in [5.41, 5.74) is 9.61. The standard InChI is InChI=1S/C36H44Cl2N4O3.C36H34F4N4O3.C31H32Cl2N6O4S/c1-4-6-20-40(21-7-5-2)22-10-23-41(35(43)26-27-13-18-31(37)32(38)25-27)24-19-34-39-33-12-9-8-11-30(33)36(44)42(34)28-14-16-29(45-3)17-15-28;1-42(24-25-8-4-3-5-9-25)20-21-43(34(45)23-26-12-17-30(31(37)22-26)36(38,39)40)19-18-33-41-32-11-7-6-10-29(32)35(46)44(33)27-13-15-28(47-2)16-14-27;1-43-22-11-9-21(10-12-22)39-27(36-26-7-4-3-6-23(26)29(39)41)14-17-38(16-5-15-35-31(44-2)37-30(34)42)28(40)19-20-8-13-24(32)25(33)18-20/h8-9,11-18,25H,4-7,10,19-24,26H2,1-3H3;3-17,22H,18-21,23-24H2,1-2H3;3-4,6-13,18H,5,14-17,19H2,1-2H3,(H3,34,35,37,42). The number of benzene rings is 10. The van der Waals surface area contributed by atoms with Gasteiger partial charge in [0, 0.05) is 78.2 Å². The van der Waals surface area contributed by atoms with Crippen molar-refractivity contribution in [1.82, 2.24) is 58.5 Å². The van der Waals surface area contributed by atoms with Gasteiger partial charge < -0.3 is 44.4 Å². The van der Waals surface area contributed by atoms with Crippen molar-refractivity contribution in [1.29, 1.82) is 0 Å². The average molecular weight is 1950 g/mol.